The third kappa shape index (κ3) is 3.76. The van der Waals surface area contributed by atoms with Crippen LogP contribution in [0.1, 0.15) is 37.7 Å². The molecule has 0 aliphatic heterocycles. The molecular weight excluding hydrogens is 273 g/mol. The molecule has 0 spiro atoms. The number of rotatable bonds is 4. The average molecular weight is 293 g/mol. The number of hydrogen-bond acceptors (Lipinski definition) is 4. The fourth-order valence-electron chi connectivity index (χ4n) is 1.84. The maximum absolute atomic E-state index is 13.0. The molecule has 1 aromatic heterocycles. The van der Waals surface area contributed by atoms with Crippen LogP contribution in [0.15, 0.2) is 18.2 Å². The molecule has 3 nitrogen and oxygen atoms in total. The molecule has 1 N–H and O–H groups in total. The maximum Gasteiger partial charge on any atom is 0.202 e. The largest absolute Gasteiger partial charge is 0.360 e. The molecular formula is C15H20FN3S. The van der Waals surface area contributed by atoms with Crippen LogP contribution >= 0.6 is 11.5 Å². The van der Waals surface area contributed by atoms with Gasteiger partial charge in [-0.2, -0.15) is 4.37 Å². The van der Waals surface area contributed by atoms with Crippen LogP contribution in [0.3, 0.4) is 0 Å². The topological polar surface area (TPSA) is 37.8 Å². The Hall–Kier alpha value is -1.49. The van der Waals surface area contributed by atoms with Gasteiger partial charge in [0, 0.05) is 23.5 Å². The quantitative estimate of drug-likeness (QED) is 0.928. The van der Waals surface area contributed by atoms with E-state index in [2.05, 4.69) is 35.4 Å². The molecule has 0 atom stereocenters. The minimum absolute atomic E-state index is 0.0238. The number of benzene rings is 1. The van der Waals surface area contributed by atoms with Gasteiger partial charge in [-0.15, -0.1) is 0 Å². The number of nitrogens with zero attached hydrogens (tertiary/aromatic N) is 2. The van der Waals surface area contributed by atoms with Gasteiger partial charge in [0.15, 0.2) is 0 Å². The molecule has 5 heteroatoms. The van der Waals surface area contributed by atoms with E-state index >= 15 is 0 Å². The first-order valence-corrected chi connectivity index (χ1v) is 7.47. The van der Waals surface area contributed by atoms with Crippen molar-refractivity contribution in [2.45, 2.75) is 39.5 Å². The van der Waals surface area contributed by atoms with Crippen molar-refractivity contribution in [2.24, 2.45) is 0 Å². The highest BCUT2D eigenvalue weighted by atomic mass is 32.1. The summed E-state index contributed by atoms with van der Waals surface area (Å²) in [7, 11) is 0. The Labute approximate surface area is 123 Å². The van der Waals surface area contributed by atoms with E-state index in [0.717, 1.165) is 35.0 Å². The van der Waals surface area contributed by atoms with Gasteiger partial charge in [-0.25, -0.2) is 9.37 Å². The summed E-state index contributed by atoms with van der Waals surface area (Å²) in [6.07, 6.45) is 0.844. The van der Waals surface area contributed by atoms with Gasteiger partial charge in [0.05, 0.1) is 0 Å². The smallest absolute Gasteiger partial charge is 0.202 e. The first-order chi connectivity index (χ1) is 9.36. The van der Waals surface area contributed by atoms with Crippen LogP contribution in [0.4, 0.5) is 9.52 Å². The average Bonchev–Trinajstić information content (AvgIpc) is 2.80. The highest BCUT2D eigenvalue weighted by Crippen LogP contribution is 2.22. The lowest BCUT2D eigenvalue weighted by Gasteiger charge is -2.12. The first-order valence-electron chi connectivity index (χ1n) is 6.69. The van der Waals surface area contributed by atoms with E-state index in [0.29, 0.717) is 0 Å². The van der Waals surface area contributed by atoms with Crippen molar-refractivity contribution in [3.63, 3.8) is 0 Å². The minimum Gasteiger partial charge on any atom is -0.360 e. The summed E-state index contributed by atoms with van der Waals surface area (Å²) in [5, 5.41) is 4.12. The Morgan fingerprint density at radius 1 is 1.30 bits per heavy atom. The number of anilines is 1. The summed E-state index contributed by atoms with van der Waals surface area (Å²) in [4.78, 5) is 4.49. The molecule has 0 saturated heterocycles. The van der Waals surface area contributed by atoms with Crippen molar-refractivity contribution in [1.82, 2.24) is 9.36 Å². The van der Waals surface area contributed by atoms with E-state index in [1.165, 1.54) is 17.6 Å². The third-order valence-electron chi connectivity index (χ3n) is 3.07. The van der Waals surface area contributed by atoms with Gasteiger partial charge < -0.3 is 5.32 Å². The van der Waals surface area contributed by atoms with Crippen LogP contribution in [0.25, 0.3) is 0 Å². The van der Waals surface area contributed by atoms with Crippen molar-refractivity contribution in [2.75, 3.05) is 11.9 Å². The molecule has 20 heavy (non-hydrogen) atoms. The zero-order valence-electron chi connectivity index (χ0n) is 12.3. The van der Waals surface area contributed by atoms with Crippen molar-refractivity contribution in [1.29, 1.82) is 0 Å². The predicted octanol–water partition coefficient (Wildman–Crippen LogP) is 3.94. The molecule has 108 valence electrons. The molecule has 1 heterocycles. The summed E-state index contributed by atoms with van der Waals surface area (Å²) in [6.45, 7) is 8.99. The third-order valence-corrected chi connectivity index (χ3v) is 3.74. The Bertz CT molecular complexity index is 587. The molecule has 0 aliphatic carbocycles. The van der Waals surface area contributed by atoms with Crippen molar-refractivity contribution < 1.29 is 4.39 Å². The Morgan fingerprint density at radius 2 is 2.05 bits per heavy atom. The second-order valence-corrected chi connectivity index (χ2v) is 6.67. The van der Waals surface area contributed by atoms with E-state index in [-0.39, 0.29) is 11.2 Å². The maximum atomic E-state index is 13.0. The first kappa shape index (κ1) is 14.9. The molecule has 2 rings (SSSR count). The summed E-state index contributed by atoms with van der Waals surface area (Å²) in [5.41, 5.74) is 2.11. The van der Waals surface area contributed by atoms with Gasteiger partial charge in [0.2, 0.25) is 5.13 Å². The minimum atomic E-state index is -0.182. The summed E-state index contributed by atoms with van der Waals surface area (Å²) in [5.74, 6) is 0.682. The van der Waals surface area contributed by atoms with Crippen LogP contribution in [-0.4, -0.2) is 15.9 Å². The summed E-state index contributed by atoms with van der Waals surface area (Å²) < 4.78 is 17.4. The lowest BCUT2D eigenvalue weighted by Crippen LogP contribution is -2.13. The van der Waals surface area contributed by atoms with Crippen LogP contribution in [-0.2, 0) is 11.8 Å². The van der Waals surface area contributed by atoms with Crippen LogP contribution in [0.5, 0.6) is 0 Å². The van der Waals surface area contributed by atoms with E-state index in [1.807, 2.05) is 13.0 Å². The highest BCUT2D eigenvalue weighted by Gasteiger charge is 2.19. The number of nitrogens with one attached hydrogen (secondary N) is 1. The summed E-state index contributed by atoms with van der Waals surface area (Å²) in [6, 6.07) is 4.91. The number of hydrogen-bond donors (Lipinski definition) is 1. The molecule has 0 fully saturated rings. The normalized spacial score (nSPS) is 11.7. The monoisotopic (exact) mass is 293 g/mol. The van der Waals surface area contributed by atoms with Crippen molar-refractivity contribution in [3.8, 4) is 0 Å². The number of aromatic nitrogens is 2. The molecule has 0 saturated carbocycles. The van der Waals surface area contributed by atoms with Crippen molar-refractivity contribution >= 4 is 16.7 Å². The molecule has 0 bridgehead atoms. The predicted molar refractivity (Wildman–Crippen MR) is 81.9 cm³/mol. The van der Waals surface area contributed by atoms with Gasteiger partial charge >= 0.3 is 0 Å². The SMILES string of the molecule is Cc1cc(F)ccc1CCNc1nc(C(C)(C)C)ns1. The van der Waals surface area contributed by atoms with Gasteiger partial charge in [0.1, 0.15) is 11.6 Å². The van der Waals surface area contributed by atoms with E-state index in [1.54, 1.807) is 6.07 Å². The Balaban J connectivity index is 1.91. The Morgan fingerprint density at radius 3 is 2.65 bits per heavy atom. The molecule has 2 aromatic rings. The van der Waals surface area contributed by atoms with Gasteiger partial charge in [0.25, 0.3) is 0 Å². The lowest BCUT2D eigenvalue weighted by molar-refractivity contribution is 0.555. The lowest BCUT2D eigenvalue weighted by atomic mass is 9.96. The molecule has 1 aromatic carbocycles. The molecule has 0 unspecified atom stereocenters. The zero-order chi connectivity index (χ0) is 14.8. The fourth-order valence-corrected chi connectivity index (χ4v) is 2.63. The van der Waals surface area contributed by atoms with E-state index in [9.17, 15) is 4.39 Å². The van der Waals surface area contributed by atoms with Crippen LogP contribution in [0, 0.1) is 12.7 Å². The van der Waals surface area contributed by atoms with Crippen LogP contribution in [0.2, 0.25) is 0 Å². The molecule has 0 aliphatic rings. The van der Waals surface area contributed by atoms with Crippen LogP contribution < -0.4 is 5.32 Å². The molecule has 0 radical (unpaired) electrons. The molecule has 0 amide bonds. The van der Waals surface area contributed by atoms with E-state index in [4.69, 9.17) is 0 Å². The Kier molecular flexibility index (Phi) is 4.38. The number of halogens is 1. The van der Waals surface area contributed by atoms with Gasteiger partial charge in [-0.1, -0.05) is 26.8 Å². The zero-order valence-corrected chi connectivity index (χ0v) is 13.1. The second kappa shape index (κ2) is 5.87. The second-order valence-electron chi connectivity index (χ2n) is 5.92. The van der Waals surface area contributed by atoms with Gasteiger partial charge in [-0.05, 0) is 36.6 Å². The highest BCUT2D eigenvalue weighted by molar-refractivity contribution is 7.09. The standard InChI is InChI=1S/C15H20FN3S/c1-10-9-12(16)6-5-11(10)7-8-17-14-18-13(19-20-14)15(2,3)4/h5-6,9H,7-8H2,1-4H3,(H,17,18,19). The van der Waals surface area contributed by atoms with E-state index < -0.39 is 0 Å². The fraction of sp³-hybridized carbons (Fsp3) is 0.467. The van der Waals surface area contributed by atoms with Crippen molar-refractivity contribution in [3.05, 3.63) is 41.0 Å². The number of aryl methyl sites for hydroxylation is 1. The summed E-state index contributed by atoms with van der Waals surface area (Å²) >= 11 is 1.39. The van der Waals surface area contributed by atoms with Gasteiger partial charge in [-0.3, -0.25) is 0 Å².